The van der Waals surface area contributed by atoms with Gasteiger partial charge in [0, 0.05) is 12.1 Å². The minimum absolute atomic E-state index is 0.127. The number of hydrogen-bond donors (Lipinski definition) is 2. The molecule has 0 fully saturated rings. The normalized spacial score (nSPS) is 13.8. The fourth-order valence-electron chi connectivity index (χ4n) is 2.76. The second-order valence-corrected chi connectivity index (χ2v) is 6.01. The molecule has 2 aromatic carbocycles. The summed E-state index contributed by atoms with van der Waals surface area (Å²) < 4.78 is 21.4. The van der Waals surface area contributed by atoms with E-state index in [0.29, 0.717) is 48.3 Å². The summed E-state index contributed by atoms with van der Waals surface area (Å²) in [7, 11) is 0. The highest BCUT2D eigenvalue weighted by atomic mass is 16.7. The molecule has 0 aliphatic carbocycles. The molecule has 2 aromatic rings. The Balaban J connectivity index is 1.26. The molecular weight excluding hydrogens is 352 g/mol. The second kappa shape index (κ2) is 7.45. The third-order valence-electron chi connectivity index (χ3n) is 4.14. The molecule has 8 heteroatoms. The van der Waals surface area contributed by atoms with Crippen LogP contribution in [0, 0.1) is 0 Å². The highest BCUT2D eigenvalue weighted by molar-refractivity contribution is 5.97. The molecule has 0 spiro atoms. The van der Waals surface area contributed by atoms with Gasteiger partial charge in [-0.2, -0.15) is 0 Å². The van der Waals surface area contributed by atoms with Gasteiger partial charge < -0.3 is 29.6 Å². The van der Waals surface area contributed by atoms with Gasteiger partial charge >= 0.3 is 0 Å². The molecule has 0 radical (unpaired) electrons. The minimum Gasteiger partial charge on any atom is -0.486 e. The molecule has 140 valence electrons. The van der Waals surface area contributed by atoms with Gasteiger partial charge in [0.2, 0.25) is 12.7 Å². The monoisotopic (exact) mass is 370 g/mol. The third kappa shape index (κ3) is 3.89. The van der Waals surface area contributed by atoms with Crippen LogP contribution in [0.25, 0.3) is 0 Å². The summed E-state index contributed by atoms with van der Waals surface area (Å²) in [4.78, 5) is 24.2. The smallest absolute Gasteiger partial charge is 0.251 e. The van der Waals surface area contributed by atoms with Crippen LogP contribution in [-0.4, -0.2) is 38.4 Å². The van der Waals surface area contributed by atoms with E-state index in [2.05, 4.69) is 10.6 Å². The van der Waals surface area contributed by atoms with E-state index in [0.717, 1.165) is 5.56 Å². The average Bonchev–Trinajstić information content (AvgIpc) is 3.18. The molecule has 2 aliphatic rings. The zero-order chi connectivity index (χ0) is 18.6. The summed E-state index contributed by atoms with van der Waals surface area (Å²) in [6, 6.07) is 10.4. The Kier molecular flexibility index (Phi) is 4.69. The Hall–Kier alpha value is -3.42. The summed E-state index contributed by atoms with van der Waals surface area (Å²) in [5.74, 6) is 1.84. The van der Waals surface area contributed by atoms with Crippen molar-refractivity contribution in [1.29, 1.82) is 0 Å². The zero-order valence-corrected chi connectivity index (χ0v) is 14.4. The molecule has 0 aromatic heterocycles. The molecule has 0 saturated carbocycles. The van der Waals surface area contributed by atoms with E-state index in [9.17, 15) is 9.59 Å². The Morgan fingerprint density at radius 3 is 2.41 bits per heavy atom. The van der Waals surface area contributed by atoms with Gasteiger partial charge in [-0.1, -0.05) is 6.07 Å². The van der Waals surface area contributed by atoms with E-state index in [-0.39, 0.29) is 25.2 Å². The predicted molar refractivity (Wildman–Crippen MR) is 94.2 cm³/mol. The Morgan fingerprint density at radius 2 is 1.52 bits per heavy atom. The van der Waals surface area contributed by atoms with Crippen LogP contribution >= 0.6 is 0 Å². The summed E-state index contributed by atoms with van der Waals surface area (Å²) in [6.45, 7) is 1.39. The first-order valence-corrected chi connectivity index (χ1v) is 8.52. The Bertz CT molecular complexity index is 882. The molecule has 2 amide bonds. The van der Waals surface area contributed by atoms with Crippen molar-refractivity contribution < 1.29 is 28.5 Å². The van der Waals surface area contributed by atoms with Gasteiger partial charge in [0.1, 0.15) is 13.2 Å². The lowest BCUT2D eigenvalue weighted by atomic mass is 10.2. The molecule has 4 rings (SSSR count). The molecule has 27 heavy (non-hydrogen) atoms. The standard InChI is InChI=1S/C19H18N2O6/c22-18(20-9-12-1-3-14-16(7-12)25-6-5-24-14)10-21-19(23)13-2-4-15-17(8-13)27-11-26-15/h1-4,7-8H,5-6,9-11H2,(H,20,22)(H,21,23). The largest absolute Gasteiger partial charge is 0.486 e. The molecule has 8 nitrogen and oxygen atoms in total. The van der Waals surface area contributed by atoms with Crippen molar-refractivity contribution in [3.63, 3.8) is 0 Å². The van der Waals surface area contributed by atoms with Crippen molar-refractivity contribution in [2.45, 2.75) is 6.54 Å². The van der Waals surface area contributed by atoms with Crippen molar-refractivity contribution >= 4 is 11.8 Å². The first kappa shape index (κ1) is 17.0. The van der Waals surface area contributed by atoms with Gasteiger partial charge in [0.05, 0.1) is 6.54 Å². The molecule has 2 aliphatic heterocycles. The number of rotatable bonds is 5. The fraction of sp³-hybridized carbons (Fsp3) is 0.263. The predicted octanol–water partition coefficient (Wildman–Crippen LogP) is 1.23. The van der Waals surface area contributed by atoms with Crippen LogP contribution in [0.5, 0.6) is 23.0 Å². The molecule has 2 N–H and O–H groups in total. The third-order valence-corrected chi connectivity index (χ3v) is 4.14. The number of carbonyl (C=O) groups is 2. The molecule has 0 bridgehead atoms. The number of ether oxygens (including phenoxy) is 4. The van der Waals surface area contributed by atoms with Crippen LogP contribution in [0.3, 0.4) is 0 Å². The van der Waals surface area contributed by atoms with Crippen molar-refractivity contribution in [3.8, 4) is 23.0 Å². The van der Waals surface area contributed by atoms with E-state index < -0.39 is 0 Å². The van der Waals surface area contributed by atoms with Gasteiger partial charge in [-0.05, 0) is 35.9 Å². The first-order chi connectivity index (χ1) is 13.2. The topological polar surface area (TPSA) is 95.1 Å². The van der Waals surface area contributed by atoms with E-state index in [1.807, 2.05) is 18.2 Å². The summed E-state index contributed by atoms with van der Waals surface area (Å²) in [6.07, 6.45) is 0. The van der Waals surface area contributed by atoms with Gasteiger partial charge in [-0.15, -0.1) is 0 Å². The SMILES string of the molecule is O=C(CNC(=O)c1ccc2c(c1)OCO2)NCc1ccc2c(c1)OCCO2. The highest BCUT2D eigenvalue weighted by Crippen LogP contribution is 2.32. The van der Waals surface area contributed by atoms with E-state index >= 15 is 0 Å². The maximum atomic E-state index is 12.2. The Morgan fingerprint density at radius 1 is 0.815 bits per heavy atom. The molecule has 0 atom stereocenters. The zero-order valence-electron chi connectivity index (χ0n) is 14.4. The number of amides is 2. The van der Waals surface area contributed by atoms with Crippen LogP contribution in [0.4, 0.5) is 0 Å². The van der Waals surface area contributed by atoms with E-state index in [4.69, 9.17) is 18.9 Å². The van der Waals surface area contributed by atoms with Crippen LogP contribution in [0.1, 0.15) is 15.9 Å². The van der Waals surface area contributed by atoms with Crippen molar-refractivity contribution in [1.82, 2.24) is 10.6 Å². The molecule has 2 heterocycles. The minimum atomic E-state index is -0.359. The molecule has 0 unspecified atom stereocenters. The lowest BCUT2D eigenvalue weighted by Gasteiger charge is -2.19. The van der Waals surface area contributed by atoms with E-state index in [1.165, 1.54) is 0 Å². The quantitative estimate of drug-likeness (QED) is 0.822. The average molecular weight is 370 g/mol. The number of fused-ring (bicyclic) bond motifs is 2. The number of nitrogens with one attached hydrogen (secondary N) is 2. The van der Waals surface area contributed by atoms with Crippen LogP contribution in [0.2, 0.25) is 0 Å². The van der Waals surface area contributed by atoms with Gasteiger partial charge in [-0.25, -0.2) is 0 Å². The summed E-state index contributed by atoms with van der Waals surface area (Å²) >= 11 is 0. The van der Waals surface area contributed by atoms with Crippen molar-refractivity contribution in [3.05, 3.63) is 47.5 Å². The number of benzene rings is 2. The van der Waals surface area contributed by atoms with E-state index in [1.54, 1.807) is 18.2 Å². The summed E-state index contributed by atoms with van der Waals surface area (Å²) in [5, 5.41) is 5.34. The lowest BCUT2D eigenvalue weighted by Crippen LogP contribution is -2.36. The lowest BCUT2D eigenvalue weighted by molar-refractivity contribution is -0.120. The van der Waals surface area contributed by atoms with Crippen LogP contribution in [-0.2, 0) is 11.3 Å². The van der Waals surface area contributed by atoms with Gasteiger partial charge in [0.15, 0.2) is 23.0 Å². The van der Waals surface area contributed by atoms with Crippen LogP contribution < -0.4 is 29.6 Å². The number of hydrogen-bond acceptors (Lipinski definition) is 6. The summed E-state index contributed by atoms with van der Waals surface area (Å²) in [5.41, 5.74) is 1.29. The van der Waals surface area contributed by atoms with Gasteiger partial charge in [-0.3, -0.25) is 9.59 Å². The molecular formula is C19H18N2O6. The maximum Gasteiger partial charge on any atom is 0.251 e. The van der Waals surface area contributed by atoms with Crippen molar-refractivity contribution in [2.24, 2.45) is 0 Å². The highest BCUT2D eigenvalue weighted by Gasteiger charge is 2.17. The van der Waals surface area contributed by atoms with Gasteiger partial charge in [0.25, 0.3) is 5.91 Å². The molecule has 0 saturated heterocycles. The second-order valence-electron chi connectivity index (χ2n) is 6.01. The number of carbonyl (C=O) groups excluding carboxylic acids is 2. The Labute approximate surface area is 155 Å². The fourth-order valence-corrected chi connectivity index (χ4v) is 2.76. The van der Waals surface area contributed by atoms with Crippen LogP contribution in [0.15, 0.2) is 36.4 Å². The van der Waals surface area contributed by atoms with Crippen molar-refractivity contribution in [2.75, 3.05) is 26.6 Å². The maximum absolute atomic E-state index is 12.2. The first-order valence-electron chi connectivity index (χ1n) is 8.52.